The maximum absolute atomic E-state index is 10.7. The molecular weight excluding hydrogens is 162 g/mol. The average molecular weight is 169 g/mol. The Hall–Kier alpha value is -1.90. The minimum atomic E-state index is -0.874. The molecule has 0 saturated heterocycles. The Labute approximate surface area is 68.8 Å². The molecule has 0 rings (SSSR count). The van der Waals surface area contributed by atoms with E-state index in [1.807, 2.05) is 0 Å². The highest BCUT2D eigenvalue weighted by Crippen LogP contribution is 1.80. The molecule has 0 unspecified atom stereocenters. The lowest BCUT2D eigenvalue weighted by molar-refractivity contribution is -0.120. The molecule has 64 valence electrons. The topological polar surface area (TPSA) is 91.5 Å². The van der Waals surface area contributed by atoms with Crippen LogP contribution in [0.5, 0.6) is 0 Å². The first-order valence-electron chi connectivity index (χ1n) is 3.10. The van der Waals surface area contributed by atoms with Crippen molar-refractivity contribution >= 4 is 18.0 Å². The molecule has 2 amide bonds. The Kier molecular flexibility index (Phi) is 4.93. The van der Waals surface area contributed by atoms with Crippen molar-refractivity contribution in [3.05, 3.63) is 0 Å². The summed E-state index contributed by atoms with van der Waals surface area (Å²) in [6.45, 7) is 1.90. The molecule has 0 aromatic heterocycles. The largest absolute Gasteiger partial charge is 0.395 e. The SMILES string of the molecule is CCO/N=C(/C#N)C(=O)NC=O. The van der Waals surface area contributed by atoms with Gasteiger partial charge in [-0.25, -0.2) is 0 Å². The number of nitrogens with one attached hydrogen (secondary N) is 1. The molecule has 0 saturated carbocycles. The lowest BCUT2D eigenvalue weighted by Crippen LogP contribution is -2.29. The number of hydrogen-bond donors (Lipinski definition) is 1. The van der Waals surface area contributed by atoms with Gasteiger partial charge < -0.3 is 4.84 Å². The molecule has 0 spiro atoms. The van der Waals surface area contributed by atoms with Crippen molar-refractivity contribution in [1.29, 1.82) is 5.26 Å². The van der Waals surface area contributed by atoms with Crippen molar-refractivity contribution in [3.63, 3.8) is 0 Å². The maximum atomic E-state index is 10.7. The molecule has 0 aliphatic rings. The zero-order valence-corrected chi connectivity index (χ0v) is 6.40. The van der Waals surface area contributed by atoms with Gasteiger partial charge in [-0.1, -0.05) is 5.16 Å². The summed E-state index contributed by atoms with van der Waals surface area (Å²) < 4.78 is 0. The number of rotatable bonds is 4. The van der Waals surface area contributed by atoms with Crippen molar-refractivity contribution < 1.29 is 14.4 Å². The predicted octanol–water partition coefficient (Wildman–Crippen LogP) is -0.825. The minimum Gasteiger partial charge on any atom is -0.395 e. The third-order valence-corrected chi connectivity index (χ3v) is 0.796. The van der Waals surface area contributed by atoms with E-state index in [4.69, 9.17) is 5.26 Å². The zero-order valence-electron chi connectivity index (χ0n) is 6.40. The van der Waals surface area contributed by atoms with Gasteiger partial charge in [0.25, 0.3) is 5.91 Å². The lowest BCUT2D eigenvalue weighted by atomic mass is 10.4. The summed E-state index contributed by atoms with van der Waals surface area (Å²) in [6, 6.07) is 1.48. The van der Waals surface area contributed by atoms with E-state index in [2.05, 4.69) is 9.99 Å². The fraction of sp³-hybridized carbons (Fsp3) is 0.333. The van der Waals surface area contributed by atoms with Crippen LogP contribution in [-0.4, -0.2) is 24.6 Å². The summed E-state index contributed by atoms with van der Waals surface area (Å²) >= 11 is 0. The molecule has 0 aliphatic carbocycles. The van der Waals surface area contributed by atoms with Gasteiger partial charge in [0, 0.05) is 0 Å². The summed E-state index contributed by atoms with van der Waals surface area (Å²) in [6.07, 6.45) is 0.168. The van der Waals surface area contributed by atoms with E-state index in [1.165, 1.54) is 6.07 Å². The number of nitriles is 1. The van der Waals surface area contributed by atoms with Crippen LogP contribution in [0.2, 0.25) is 0 Å². The fourth-order valence-corrected chi connectivity index (χ4v) is 0.364. The molecule has 0 aromatic carbocycles. The van der Waals surface area contributed by atoms with E-state index >= 15 is 0 Å². The lowest BCUT2D eigenvalue weighted by Gasteiger charge is -1.94. The second-order valence-electron chi connectivity index (χ2n) is 1.56. The molecule has 6 nitrogen and oxygen atoms in total. The quantitative estimate of drug-likeness (QED) is 0.338. The van der Waals surface area contributed by atoms with Crippen LogP contribution in [0.15, 0.2) is 5.16 Å². The van der Waals surface area contributed by atoms with E-state index in [0.717, 1.165) is 0 Å². The van der Waals surface area contributed by atoms with Gasteiger partial charge in [0.2, 0.25) is 12.1 Å². The van der Waals surface area contributed by atoms with Crippen LogP contribution < -0.4 is 5.32 Å². The summed E-state index contributed by atoms with van der Waals surface area (Å²) in [5, 5.41) is 13.2. The molecular formula is C6H7N3O3. The van der Waals surface area contributed by atoms with E-state index in [0.29, 0.717) is 0 Å². The van der Waals surface area contributed by atoms with Crippen LogP contribution in [0.4, 0.5) is 0 Å². The normalized spacial score (nSPS) is 9.83. The molecule has 6 heteroatoms. The first kappa shape index (κ1) is 10.1. The van der Waals surface area contributed by atoms with Gasteiger partial charge in [0.05, 0.1) is 0 Å². The highest BCUT2D eigenvalue weighted by atomic mass is 16.6. The summed E-state index contributed by atoms with van der Waals surface area (Å²) in [5.41, 5.74) is -0.482. The van der Waals surface area contributed by atoms with E-state index in [1.54, 1.807) is 12.2 Å². The molecule has 0 aromatic rings. The number of oxime groups is 1. The van der Waals surface area contributed by atoms with Crippen molar-refractivity contribution in [2.24, 2.45) is 5.16 Å². The fourth-order valence-electron chi connectivity index (χ4n) is 0.364. The Morgan fingerprint density at radius 1 is 1.83 bits per heavy atom. The minimum absolute atomic E-state index is 0.168. The Morgan fingerprint density at radius 3 is 2.92 bits per heavy atom. The second-order valence-corrected chi connectivity index (χ2v) is 1.56. The molecule has 0 radical (unpaired) electrons. The molecule has 12 heavy (non-hydrogen) atoms. The van der Waals surface area contributed by atoms with Gasteiger partial charge in [0.15, 0.2) is 0 Å². The molecule has 0 bridgehead atoms. The van der Waals surface area contributed by atoms with Gasteiger partial charge in [0.1, 0.15) is 12.7 Å². The van der Waals surface area contributed by atoms with E-state index in [9.17, 15) is 9.59 Å². The predicted molar refractivity (Wildman–Crippen MR) is 38.9 cm³/mol. The van der Waals surface area contributed by atoms with Crippen LogP contribution in [0.1, 0.15) is 6.92 Å². The third kappa shape index (κ3) is 3.31. The Bertz CT molecular complexity index is 241. The van der Waals surface area contributed by atoms with Crippen LogP contribution in [0.3, 0.4) is 0 Å². The van der Waals surface area contributed by atoms with Gasteiger partial charge in [-0.3, -0.25) is 14.9 Å². The van der Waals surface area contributed by atoms with Crippen LogP contribution in [0, 0.1) is 11.3 Å². The zero-order chi connectivity index (χ0) is 9.40. The first-order chi connectivity index (χ1) is 5.76. The number of imide groups is 1. The molecule has 0 atom stereocenters. The number of amides is 2. The van der Waals surface area contributed by atoms with Crippen molar-refractivity contribution in [3.8, 4) is 6.07 Å². The maximum Gasteiger partial charge on any atom is 0.290 e. The molecule has 0 heterocycles. The van der Waals surface area contributed by atoms with Crippen LogP contribution in [0.25, 0.3) is 0 Å². The summed E-state index contributed by atoms with van der Waals surface area (Å²) in [5.74, 6) is -0.874. The Balaban J connectivity index is 4.25. The van der Waals surface area contributed by atoms with Gasteiger partial charge >= 0.3 is 0 Å². The van der Waals surface area contributed by atoms with Crippen molar-refractivity contribution in [2.45, 2.75) is 6.92 Å². The Morgan fingerprint density at radius 2 is 2.50 bits per heavy atom. The smallest absolute Gasteiger partial charge is 0.290 e. The molecule has 0 aliphatic heterocycles. The first-order valence-corrected chi connectivity index (χ1v) is 3.10. The van der Waals surface area contributed by atoms with Gasteiger partial charge in [-0.15, -0.1) is 0 Å². The van der Waals surface area contributed by atoms with Crippen LogP contribution in [-0.2, 0) is 14.4 Å². The highest BCUT2D eigenvalue weighted by Gasteiger charge is 2.09. The number of carbonyl (C=O) groups is 2. The monoisotopic (exact) mass is 169 g/mol. The molecule has 0 fully saturated rings. The number of nitrogens with zero attached hydrogens (tertiary/aromatic N) is 2. The standard InChI is InChI=1S/C6H7N3O3/c1-2-12-9-5(3-7)6(11)8-4-10/h4H,2H2,1H3,(H,8,10,11)/b9-5-. The van der Waals surface area contributed by atoms with Crippen molar-refractivity contribution in [2.75, 3.05) is 6.61 Å². The summed E-state index contributed by atoms with van der Waals surface area (Å²) in [4.78, 5) is 24.9. The third-order valence-electron chi connectivity index (χ3n) is 0.796. The van der Waals surface area contributed by atoms with Crippen molar-refractivity contribution in [1.82, 2.24) is 5.32 Å². The van der Waals surface area contributed by atoms with Crippen LogP contribution >= 0.6 is 0 Å². The number of carbonyl (C=O) groups excluding carboxylic acids is 2. The number of hydrogen-bond acceptors (Lipinski definition) is 5. The van der Waals surface area contributed by atoms with Gasteiger partial charge in [-0.05, 0) is 6.92 Å². The second kappa shape index (κ2) is 5.85. The van der Waals surface area contributed by atoms with E-state index in [-0.39, 0.29) is 13.0 Å². The van der Waals surface area contributed by atoms with Gasteiger partial charge in [-0.2, -0.15) is 5.26 Å². The van der Waals surface area contributed by atoms with E-state index < -0.39 is 11.6 Å². The molecule has 1 N–H and O–H groups in total. The summed E-state index contributed by atoms with van der Waals surface area (Å²) in [7, 11) is 0. The average Bonchev–Trinajstić information content (AvgIpc) is 2.06. The highest BCUT2D eigenvalue weighted by molar-refractivity contribution is 6.46.